The molecule has 0 unspecified atom stereocenters. The Morgan fingerprint density at radius 3 is 2.88 bits per heavy atom. The summed E-state index contributed by atoms with van der Waals surface area (Å²) >= 11 is 7.32. The Kier molecular flexibility index (Phi) is 6.73. The van der Waals surface area contributed by atoms with Gasteiger partial charge in [0.15, 0.2) is 5.13 Å². The molecule has 4 aromatic rings. The van der Waals surface area contributed by atoms with E-state index < -0.39 is 5.82 Å². The molecule has 1 aliphatic rings. The monoisotopic (exact) mass is 499 g/mol. The first-order valence-corrected chi connectivity index (χ1v) is 12.5. The molecular formula is C24H23ClFN5O2S. The van der Waals surface area contributed by atoms with Gasteiger partial charge in [0.05, 0.1) is 10.4 Å². The van der Waals surface area contributed by atoms with Gasteiger partial charge >= 0.3 is 0 Å². The van der Waals surface area contributed by atoms with Gasteiger partial charge in [-0.1, -0.05) is 30.9 Å². The maximum absolute atomic E-state index is 13.4. The van der Waals surface area contributed by atoms with Crippen molar-refractivity contribution in [1.29, 1.82) is 0 Å². The number of H-pyrrole nitrogens is 1. The Labute approximate surface area is 204 Å². The SMILES string of the molecule is O=c1[nH]c(COc2ccc(F)c(Cl)c2)nc2c(-c3csc(NCC4CCCCC4)n3)nccc12. The lowest BCUT2D eigenvalue weighted by Gasteiger charge is -2.21. The van der Waals surface area contributed by atoms with Crippen LogP contribution in [0.3, 0.4) is 0 Å². The molecule has 0 saturated heterocycles. The first-order valence-electron chi connectivity index (χ1n) is 11.2. The number of anilines is 1. The number of aromatic nitrogens is 4. The molecule has 0 spiro atoms. The smallest absolute Gasteiger partial charge is 0.258 e. The summed E-state index contributed by atoms with van der Waals surface area (Å²) in [5, 5.41) is 6.59. The fourth-order valence-corrected chi connectivity index (χ4v) is 5.05. The number of nitrogens with zero attached hydrogens (tertiary/aromatic N) is 3. The number of pyridine rings is 1. The normalized spacial score (nSPS) is 14.4. The predicted octanol–water partition coefficient (Wildman–Crippen LogP) is 5.81. The molecule has 1 aliphatic carbocycles. The van der Waals surface area contributed by atoms with Gasteiger partial charge in [-0.3, -0.25) is 9.78 Å². The fraction of sp³-hybridized carbons (Fsp3) is 0.333. The van der Waals surface area contributed by atoms with Gasteiger partial charge in [-0.25, -0.2) is 14.4 Å². The van der Waals surface area contributed by atoms with E-state index in [0.29, 0.717) is 39.8 Å². The lowest BCUT2D eigenvalue weighted by molar-refractivity contribution is 0.295. The van der Waals surface area contributed by atoms with E-state index in [2.05, 4.69) is 20.3 Å². The molecule has 10 heteroatoms. The number of aromatic amines is 1. The fourth-order valence-electron chi connectivity index (χ4n) is 4.17. The third-order valence-electron chi connectivity index (χ3n) is 5.95. The van der Waals surface area contributed by atoms with Crippen LogP contribution in [0, 0.1) is 11.7 Å². The molecule has 34 heavy (non-hydrogen) atoms. The molecule has 0 aliphatic heterocycles. The van der Waals surface area contributed by atoms with E-state index >= 15 is 0 Å². The largest absolute Gasteiger partial charge is 0.486 e. The Morgan fingerprint density at radius 1 is 1.21 bits per heavy atom. The highest BCUT2D eigenvalue weighted by Crippen LogP contribution is 2.29. The molecular weight excluding hydrogens is 477 g/mol. The van der Waals surface area contributed by atoms with Gasteiger partial charge < -0.3 is 15.0 Å². The second kappa shape index (κ2) is 10.1. The summed E-state index contributed by atoms with van der Waals surface area (Å²) in [7, 11) is 0. The van der Waals surface area contributed by atoms with Crippen LogP contribution in [0.2, 0.25) is 5.02 Å². The lowest BCUT2D eigenvalue weighted by atomic mass is 9.89. The van der Waals surface area contributed by atoms with Gasteiger partial charge in [0, 0.05) is 24.2 Å². The Bertz CT molecular complexity index is 1370. The van der Waals surface area contributed by atoms with E-state index in [9.17, 15) is 9.18 Å². The maximum Gasteiger partial charge on any atom is 0.258 e. The Hall–Kier alpha value is -3.04. The number of rotatable bonds is 7. The number of halogens is 2. The third-order valence-corrected chi connectivity index (χ3v) is 7.04. The predicted molar refractivity (Wildman–Crippen MR) is 132 cm³/mol. The van der Waals surface area contributed by atoms with E-state index in [0.717, 1.165) is 11.7 Å². The standard InChI is InChI=1S/C24H23ClFN5O2S/c25-17-10-15(6-7-18(17)26)33-12-20-30-21-16(23(32)31-20)8-9-27-22(21)19-13-34-24(29-19)28-11-14-4-2-1-3-5-14/h6-10,13-14H,1-5,11-12H2,(H,28,29)(H,30,31,32). The molecule has 0 atom stereocenters. The molecule has 0 radical (unpaired) electrons. The van der Waals surface area contributed by atoms with Crippen molar-refractivity contribution in [2.45, 2.75) is 38.7 Å². The van der Waals surface area contributed by atoms with Gasteiger partial charge in [-0.05, 0) is 37.0 Å². The first kappa shape index (κ1) is 22.7. The molecule has 1 aromatic carbocycles. The number of benzene rings is 1. The minimum absolute atomic E-state index is 0.0211. The van der Waals surface area contributed by atoms with E-state index in [1.54, 1.807) is 12.3 Å². The number of hydrogen-bond acceptors (Lipinski definition) is 7. The summed E-state index contributed by atoms with van der Waals surface area (Å²) in [6.07, 6.45) is 8.04. The van der Waals surface area contributed by atoms with Gasteiger partial charge in [-0.15, -0.1) is 11.3 Å². The number of hydrogen-bond donors (Lipinski definition) is 2. The third kappa shape index (κ3) is 5.05. The van der Waals surface area contributed by atoms with Crippen LogP contribution in [0.15, 0.2) is 40.6 Å². The Balaban J connectivity index is 1.37. The van der Waals surface area contributed by atoms with Crippen molar-refractivity contribution in [2.75, 3.05) is 11.9 Å². The second-order valence-corrected chi connectivity index (χ2v) is 9.62. The summed E-state index contributed by atoms with van der Waals surface area (Å²) in [5.41, 5.74) is 1.36. The van der Waals surface area contributed by atoms with Gasteiger partial charge in [-0.2, -0.15) is 0 Å². The van der Waals surface area contributed by atoms with E-state index in [4.69, 9.17) is 21.3 Å². The molecule has 3 aromatic heterocycles. The summed E-state index contributed by atoms with van der Waals surface area (Å²) in [6.45, 7) is 0.898. The molecule has 2 N–H and O–H groups in total. The maximum atomic E-state index is 13.4. The minimum atomic E-state index is -0.530. The molecule has 7 nitrogen and oxygen atoms in total. The van der Waals surface area contributed by atoms with Gasteiger partial charge in [0.1, 0.15) is 40.9 Å². The molecule has 1 fully saturated rings. The summed E-state index contributed by atoms with van der Waals surface area (Å²) in [6, 6.07) is 5.69. The van der Waals surface area contributed by atoms with Crippen molar-refractivity contribution in [3.05, 3.63) is 62.9 Å². The van der Waals surface area contributed by atoms with Crippen LogP contribution >= 0.6 is 22.9 Å². The molecule has 3 heterocycles. The summed E-state index contributed by atoms with van der Waals surface area (Å²) < 4.78 is 19.0. The molecule has 0 bridgehead atoms. The lowest BCUT2D eigenvalue weighted by Crippen LogP contribution is -2.17. The van der Waals surface area contributed by atoms with Crippen molar-refractivity contribution < 1.29 is 9.13 Å². The molecule has 5 rings (SSSR count). The van der Waals surface area contributed by atoms with Crippen molar-refractivity contribution in [2.24, 2.45) is 5.92 Å². The van der Waals surface area contributed by atoms with Gasteiger partial charge in [0.2, 0.25) is 0 Å². The summed E-state index contributed by atoms with van der Waals surface area (Å²) in [5.74, 6) is 0.847. The minimum Gasteiger partial charge on any atom is -0.486 e. The van der Waals surface area contributed by atoms with E-state index in [1.807, 2.05) is 5.38 Å². The number of thiazole rings is 1. The first-order chi connectivity index (χ1) is 16.6. The van der Waals surface area contributed by atoms with Crippen LogP contribution in [0.5, 0.6) is 5.75 Å². The quantitative estimate of drug-likeness (QED) is 0.333. The van der Waals surface area contributed by atoms with Crippen LogP contribution in [0.4, 0.5) is 9.52 Å². The average molecular weight is 500 g/mol. The average Bonchev–Trinajstić information content (AvgIpc) is 3.33. The highest BCUT2D eigenvalue weighted by Gasteiger charge is 2.16. The van der Waals surface area contributed by atoms with Crippen LogP contribution in [-0.2, 0) is 6.61 Å². The second-order valence-electron chi connectivity index (χ2n) is 8.36. The number of ether oxygens (including phenoxy) is 1. The zero-order chi connectivity index (χ0) is 23.5. The van der Waals surface area contributed by atoms with Crippen molar-refractivity contribution in [3.63, 3.8) is 0 Å². The van der Waals surface area contributed by atoms with E-state index in [-0.39, 0.29) is 17.2 Å². The highest BCUT2D eigenvalue weighted by molar-refractivity contribution is 7.14. The highest BCUT2D eigenvalue weighted by atomic mass is 35.5. The van der Waals surface area contributed by atoms with Crippen LogP contribution in [0.1, 0.15) is 37.9 Å². The number of nitrogens with one attached hydrogen (secondary N) is 2. The van der Waals surface area contributed by atoms with Crippen molar-refractivity contribution >= 4 is 39.0 Å². The Morgan fingerprint density at radius 2 is 2.06 bits per heavy atom. The molecule has 176 valence electrons. The topological polar surface area (TPSA) is 92.8 Å². The van der Waals surface area contributed by atoms with Crippen molar-refractivity contribution in [3.8, 4) is 17.1 Å². The number of fused-ring (bicyclic) bond motifs is 1. The molecule has 0 amide bonds. The van der Waals surface area contributed by atoms with Crippen molar-refractivity contribution in [1.82, 2.24) is 19.9 Å². The van der Waals surface area contributed by atoms with Crippen LogP contribution in [-0.4, -0.2) is 26.5 Å². The van der Waals surface area contributed by atoms with Crippen LogP contribution < -0.4 is 15.6 Å². The van der Waals surface area contributed by atoms with Crippen LogP contribution in [0.25, 0.3) is 22.3 Å². The molecule has 1 saturated carbocycles. The summed E-state index contributed by atoms with van der Waals surface area (Å²) in [4.78, 5) is 29.2. The zero-order valence-corrected chi connectivity index (χ0v) is 19.9. The van der Waals surface area contributed by atoms with Gasteiger partial charge in [0.25, 0.3) is 5.56 Å². The van der Waals surface area contributed by atoms with E-state index in [1.165, 1.54) is 61.6 Å². The zero-order valence-electron chi connectivity index (χ0n) is 18.3.